The minimum Gasteiger partial charge on any atom is -0.460 e. The maximum Gasteiger partial charge on any atom is 0.481 e. The van der Waals surface area contributed by atoms with Gasteiger partial charge in [0.2, 0.25) is 15.9 Å². The molecular formula is C30H46BFN2O7S. The van der Waals surface area contributed by atoms with Crippen LogP contribution in [0.4, 0.5) is 4.39 Å². The number of hydrogen-bond donors (Lipinski definition) is 2. The molecule has 4 fully saturated rings. The van der Waals surface area contributed by atoms with Crippen LogP contribution >= 0.6 is 0 Å². The molecule has 3 saturated carbocycles. The van der Waals surface area contributed by atoms with Crippen molar-refractivity contribution in [2.75, 3.05) is 6.54 Å². The van der Waals surface area contributed by atoms with E-state index in [1.165, 1.54) is 0 Å². The van der Waals surface area contributed by atoms with Crippen molar-refractivity contribution in [2.45, 2.75) is 109 Å². The lowest BCUT2D eigenvalue weighted by atomic mass is 9.43. The second kappa shape index (κ2) is 11.8. The summed E-state index contributed by atoms with van der Waals surface area (Å²) < 4.78 is 60.1. The number of sulfonamides is 1. The van der Waals surface area contributed by atoms with Crippen LogP contribution in [0.5, 0.6) is 0 Å². The average molecular weight is 609 g/mol. The summed E-state index contributed by atoms with van der Waals surface area (Å²) in [7, 11) is -4.74. The van der Waals surface area contributed by atoms with E-state index in [1.807, 2.05) is 13.8 Å². The first-order valence-corrected chi connectivity index (χ1v) is 16.4. The molecule has 1 aromatic carbocycles. The number of benzene rings is 1. The predicted molar refractivity (Wildman–Crippen MR) is 157 cm³/mol. The zero-order valence-corrected chi connectivity index (χ0v) is 26.8. The molecule has 9 nitrogen and oxygen atoms in total. The third kappa shape index (κ3) is 7.03. The lowest BCUT2D eigenvalue weighted by Gasteiger charge is -2.64. The molecular weight excluding hydrogens is 562 g/mol. The van der Waals surface area contributed by atoms with Crippen LogP contribution < -0.4 is 10.0 Å². The molecule has 1 saturated heterocycles. The molecule has 234 valence electrons. The first kappa shape index (κ1) is 32.9. The van der Waals surface area contributed by atoms with Gasteiger partial charge in [0, 0.05) is 6.54 Å². The van der Waals surface area contributed by atoms with Crippen LogP contribution in [-0.2, 0) is 33.7 Å². The lowest BCUT2D eigenvalue weighted by molar-refractivity contribution is -0.199. The molecule has 2 bridgehead atoms. The maximum absolute atomic E-state index is 13.7. The number of nitrogens with one attached hydrogen (secondary N) is 2. The summed E-state index contributed by atoms with van der Waals surface area (Å²) in [5, 5.41) is 3.04. The van der Waals surface area contributed by atoms with Crippen LogP contribution in [0.1, 0.15) is 81.1 Å². The first-order chi connectivity index (χ1) is 19.3. The van der Waals surface area contributed by atoms with Gasteiger partial charge in [-0.15, -0.1) is 0 Å². The molecule has 4 aliphatic rings. The predicted octanol–water partition coefficient (Wildman–Crippen LogP) is 4.25. The van der Waals surface area contributed by atoms with Crippen molar-refractivity contribution in [3.63, 3.8) is 0 Å². The number of carbonyl (C=O) groups excluding carboxylic acids is 2. The zero-order valence-electron chi connectivity index (χ0n) is 26.0. The van der Waals surface area contributed by atoms with Gasteiger partial charge in [-0.25, -0.2) is 17.5 Å². The molecule has 5 rings (SSSR count). The molecule has 0 aromatic heterocycles. The zero-order chi connectivity index (χ0) is 31.3. The highest BCUT2D eigenvalue weighted by Crippen LogP contribution is 2.65. The fourth-order valence-corrected chi connectivity index (χ4v) is 7.95. The monoisotopic (exact) mass is 608 g/mol. The van der Waals surface area contributed by atoms with Gasteiger partial charge in [0.05, 0.1) is 34.9 Å². The number of halogens is 1. The Labute approximate surface area is 250 Å². The molecule has 42 heavy (non-hydrogen) atoms. The van der Waals surface area contributed by atoms with Crippen molar-refractivity contribution in [3.05, 3.63) is 30.1 Å². The van der Waals surface area contributed by atoms with Gasteiger partial charge in [0.25, 0.3) is 0 Å². The number of ether oxygens (including phenoxy) is 1. The first-order valence-electron chi connectivity index (χ1n) is 14.9. The number of rotatable bonds is 11. The van der Waals surface area contributed by atoms with Crippen LogP contribution in [0, 0.1) is 34.9 Å². The third-order valence-corrected chi connectivity index (χ3v) is 10.6. The molecule has 1 heterocycles. The average Bonchev–Trinajstić information content (AvgIpc) is 3.22. The van der Waals surface area contributed by atoms with Crippen LogP contribution in [0.25, 0.3) is 0 Å². The van der Waals surface area contributed by atoms with E-state index in [4.69, 9.17) is 14.0 Å². The SMILES string of the molecule is CC(C)C[C@H](NC(=O)[C@H](CNS(=O)(=O)c1ccc(F)cc1)CC(=O)OC(C)(C)C)B1O[C@@H]2C[C@H]3C[C@H](C3(C)C)[C@]2(C)O1. The van der Waals surface area contributed by atoms with Gasteiger partial charge in [0.15, 0.2) is 0 Å². The van der Waals surface area contributed by atoms with Crippen molar-refractivity contribution in [2.24, 2.45) is 29.1 Å². The molecule has 6 atom stereocenters. The minimum atomic E-state index is -4.07. The van der Waals surface area contributed by atoms with E-state index < -0.39 is 57.9 Å². The van der Waals surface area contributed by atoms with E-state index in [-0.39, 0.29) is 35.3 Å². The van der Waals surface area contributed by atoms with Crippen LogP contribution in [0.3, 0.4) is 0 Å². The molecule has 2 N–H and O–H groups in total. The maximum atomic E-state index is 13.7. The van der Waals surface area contributed by atoms with Gasteiger partial charge in [0.1, 0.15) is 11.4 Å². The molecule has 0 spiro atoms. The van der Waals surface area contributed by atoms with Gasteiger partial charge in [-0.05, 0) is 94.4 Å². The highest BCUT2D eigenvalue weighted by molar-refractivity contribution is 7.89. The van der Waals surface area contributed by atoms with Crippen molar-refractivity contribution in [3.8, 4) is 0 Å². The standard InChI is InChI=1S/C30H46BFN2O7S/c1-18(2)13-25(31-40-24-16-20-15-23(29(20,6)7)30(24,8)41-31)34-27(36)19(14-26(35)39-28(3,4)5)17-33-42(37,38)22-11-9-21(32)10-12-22/h9-12,18-20,23-25,33H,13-17H2,1-8H3,(H,34,36)/t19-,20+,23+,24+,25-,30-/m0/s1. The molecule has 1 aromatic rings. The number of esters is 1. The van der Waals surface area contributed by atoms with Gasteiger partial charge in [-0.1, -0.05) is 27.7 Å². The van der Waals surface area contributed by atoms with Crippen molar-refractivity contribution < 1.29 is 36.4 Å². The van der Waals surface area contributed by atoms with Gasteiger partial charge >= 0.3 is 13.1 Å². The molecule has 0 radical (unpaired) electrons. The van der Waals surface area contributed by atoms with E-state index in [1.54, 1.807) is 20.8 Å². The van der Waals surface area contributed by atoms with E-state index >= 15 is 0 Å². The summed E-state index contributed by atoms with van der Waals surface area (Å²) in [5.74, 6) is -2.15. The van der Waals surface area contributed by atoms with Crippen molar-refractivity contribution in [1.82, 2.24) is 10.0 Å². The number of amides is 1. The van der Waals surface area contributed by atoms with Gasteiger partial charge < -0.3 is 19.4 Å². The Morgan fingerprint density at radius 3 is 2.36 bits per heavy atom. The summed E-state index contributed by atoms with van der Waals surface area (Å²) in [4.78, 5) is 26.4. The summed E-state index contributed by atoms with van der Waals surface area (Å²) in [6, 6.07) is 4.36. The quantitative estimate of drug-likeness (QED) is 0.285. The lowest BCUT2D eigenvalue weighted by Crippen LogP contribution is -2.65. The largest absolute Gasteiger partial charge is 0.481 e. The Bertz CT molecular complexity index is 1270. The highest BCUT2D eigenvalue weighted by Gasteiger charge is 2.68. The van der Waals surface area contributed by atoms with Crippen LogP contribution in [0.2, 0.25) is 0 Å². The summed E-state index contributed by atoms with van der Waals surface area (Å²) in [6.07, 6.45) is 2.17. The van der Waals surface area contributed by atoms with E-state index in [9.17, 15) is 22.4 Å². The van der Waals surface area contributed by atoms with Gasteiger partial charge in [-0.3, -0.25) is 9.59 Å². The molecule has 12 heteroatoms. The van der Waals surface area contributed by atoms with Crippen molar-refractivity contribution in [1.29, 1.82) is 0 Å². The summed E-state index contributed by atoms with van der Waals surface area (Å²) in [5.41, 5.74) is -1.07. The molecule has 3 aliphatic carbocycles. The molecule has 1 aliphatic heterocycles. The summed E-state index contributed by atoms with van der Waals surface area (Å²) >= 11 is 0. The van der Waals surface area contributed by atoms with E-state index in [0.717, 1.165) is 37.1 Å². The highest BCUT2D eigenvalue weighted by atomic mass is 32.2. The Morgan fingerprint density at radius 1 is 1.14 bits per heavy atom. The fraction of sp³-hybridized carbons (Fsp3) is 0.733. The second-order valence-corrected chi connectivity index (χ2v) is 16.1. The fourth-order valence-electron chi connectivity index (χ4n) is 6.87. The smallest absolute Gasteiger partial charge is 0.460 e. The Morgan fingerprint density at radius 2 is 1.79 bits per heavy atom. The Balaban J connectivity index is 1.51. The number of hydrogen-bond acceptors (Lipinski definition) is 7. The Kier molecular flexibility index (Phi) is 9.26. The van der Waals surface area contributed by atoms with E-state index in [0.29, 0.717) is 18.3 Å². The van der Waals surface area contributed by atoms with Crippen LogP contribution in [0.15, 0.2) is 29.2 Å². The van der Waals surface area contributed by atoms with Crippen molar-refractivity contribution >= 4 is 29.0 Å². The topological polar surface area (TPSA) is 120 Å². The summed E-state index contributed by atoms with van der Waals surface area (Å²) in [6.45, 7) is 15.6. The number of carbonyl (C=O) groups is 2. The molecule has 1 amide bonds. The third-order valence-electron chi connectivity index (χ3n) is 9.20. The Hall–Kier alpha value is -2.02. The molecule has 0 unspecified atom stereocenters. The van der Waals surface area contributed by atoms with E-state index in [2.05, 4.69) is 30.8 Å². The minimum absolute atomic E-state index is 0.0640. The normalized spacial score (nSPS) is 28.0. The van der Waals surface area contributed by atoms with Crippen LogP contribution in [-0.4, -0.2) is 57.2 Å². The van der Waals surface area contributed by atoms with Gasteiger partial charge in [-0.2, -0.15) is 0 Å². The second-order valence-electron chi connectivity index (χ2n) is 14.4.